The monoisotopic (exact) mass is 491 g/mol. The number of hydrogen-bond acceptors (Lipinski definition) is 7. The maximum absolute atomic E-state index is 13.8. The van der Waals surface area contributed by atoms with Crippen molar-refractivity contribution in [3.05, 3.63) is 47.9 Å². The lowest BCUT2D eigenvalue weighted by molar-refractivity contribution is -0.252. The van der Waals surface area contributed by atoms with Crippen LogP contribution in [-0.4, -0.2) is 68.8 Å². The third kappa shape index (κ3) is 4.06. The van der Waals surface area contributed by atoms with E-state index >= 15 is 0 Å². The lowest BCUT2D eigenvalue weighted by Gasteiger charge is -2.34. The van der Waals surface area contributed by atoms with E-state index in [4.69, 9.17) is 4.74 Å². The van der Waals surface area contributed by atoms with Gasteiger partial charge in [0.05, 0.1) is 24.2 Å². The fourth-order valence-corrected chi connectivity index (χ4v) is 4.63. The van der Waals surface area contributed by atoms with Crippen LogP contribution < -0.4 is 15.0 Å². The summed E-state index contributed by atoms with van der Waals surface area (Å²) in [6, 6.07) is 4.63. The second-order valence-electron chi connectivity index (χ2n) is 8.92. The number of aliphatic hydroxyl groups excluding tert-OH is 2. The fourth-order valence-electron chi connectivity index (χ4n) is 4.63. The number of nitrogens with one attached hydrogen (secondary N) is 1. The predicted octanol–water partition coefficient (Wildman–Crippen LogP) is 2.42. The SMILES string of the molecule is O=C(Nc1cc2c(cc1N1CCC(CO)CC1)O[C@](CO)(C(F)(F)F)C2)c1cnn2cccnc12. The molecular weight excluding hydrogens is 467 g/mol. The zero-order valence-corrected chi connectivity index (χ0v) is 18.6. The van der Waals surface area contributed by atoms with Gasteiger partial charge in [-0.15, -0.1) is 0 Å². The zero-order chi connectivity index (χ0) is 24.8. The summed E-state index contributed by atoms with van der Waals surface area (Å²) in [7, 11) is 0. The van der Waals surface area contributed by atoms with Gasteiger partial charge in [-0.05, 0) is 30.9 Å². The Morgan fingerprint density at radius 3 is 2.71 bits per heavy atom. The van der Waals surface area contributed by atoms with Crippen molar-refractivity contribution in [2.45, 2.75) is 31.0 Å². The van der Waals surface area contributed by atoms with E-state index in [2.05, 4.69) is 15.4 Å². The number of halogens is 3. The lowest BCUT2D eigenvalue weighted by Crippen LogP contribution is -2.52. The summed E-state index contributed by atoms with van der Waals surface area (Å²) in [5.74, 6) is -0.341. The number of benzene rings is 1. The normalized spacial score (nSPS) is 20.7. The average Bonchev–Trinajstić information content (AvgIpc) is 3.45. The van der Waals surface area contributed by atoms with Gasteiger partial charge in [-0.25, -0.2) is 9.50 Å². The highest BCUT2D eigenvalue weighted by Gasteiger charge is 2.60. The van der Waals surface area contributed by atoms with Crippen LogP contribution in [0.15, 0.2) is 36.8 Å². The Bertz CT molecular complexity index is 1260. The summed E-state index contributed by atoms with van der Waals surface area (Å²) in [5.41, 5.74) is -1.10. The number of carbonyl (C=O) groups is 1. The van der Waals surface area contributed by atoms with E-state index < -0.39 is 30.7 Å². The van der Waals surface area contributed by atoms with Crippen LogP contribution >= 0.6 is 0 Å². The number of nitrogens with zero attached hydrogens (tertiary/aromatic N) is 4. The number of hydrogen-bond donors (Lipinski definition) is 3. The maximum Gasteiger partial charge on any atom is 0.430 e. The minimum Gasteiger partial charge on any atom is -0.475 e. The smallest absolute Gasteiger partial charge is 0.430 e. The van der Waals surface area contributed by atoms with Gasteiger partial charge in [-0.2, -0.15) is 18.3 Å². The lowest BCUT2D eigenvalue weighted by atomic mass is 9.95. The number of piperidine rings is 1. The largest absolute Gasteiger partial charge is 0.475 e. The van der Waals surface area contributed by atoms with E-state index in [0.29, 0.717) is 43.0 Å². The average molecular weight is 491 g/mol. The Morgan fingerprint density at radius 2 is 2.03 bits per heavy atom. The molecule has 1 saturated heterocycles. The molecule has 186 valence electrons. The quantitative estimate of drug-likeness (QED) is 0.503. The number of alkyl halides is 3. The predicted molar refractivity (Wildman–Crippen MR) is 120 cm³/mol. The topological polar surface area (TPSA) is 112 Å². The van der Waals surface area contributed by atoms with Gasteiger partial charge in [0.2, 0.25) is 5.60 Å². The van der Waals surface area contributed by atoms with Crippen molar-refractivity contribution in [3.63, 3.8) is 0 Å². The number of aliphatic hydroxyl groups is 2. The van der Waals surface area contributed by atoms with Crippen LogP contribution in [0.25, 0.3) is 5.65 Å². The standard InChI is InChI=1S/C23H24F3N5O4/c24-23(25,26)22(13-33)10-15-8-17(29-21(34)16-11-28-31-5-1-4-27-20(16)31)18(9-19(15)35-22)30-6-2-14(12-32)3-7-30/h1,4-5,8-9,11,14,32-33H,2-3,6-7,10,12-13H2,(H,29,34)/t22-/m1/s1. The second-order valence-corrected chi connectivity index (χ2v) is 8.92. The zero-order valence-electron chi connectivity index (χ0n) is 18.6. The summed E-state index contributed by atoms with van der Waals surface area (Å²) in [5, 5.41) is 26.0. The van der Waals surface area contributed by atoms with Crippen molar-refractivity contribution < 1.29 is 32.9 Å². The summed E-state index contributed by atoms with van der Waals surface area (Å²) in [6.07, 6.45) is 0.590. The Kier molecular flexibility index (Phi) is 5.80. The van der Waals surface area contributed by atoms with Gasteiger partial charge in [0.15, 0.2) is 5.65 Å². The molecule has 1 fully saturated rings. The molecule has 0 saturated carbocycles. The number of carbonyl (C=O) groups excluding carboxylic acids is 1. The summed E-state index contributed by atoms with van der Waals surface area (Å²) >= 11 is 0. The van der Waals surface area contributed by atoms with Crippen molar-refractivity contribution >= 4 is 22.9 Å². The first-order valence-electron chi connectivity index (χ1n) is 11.2. The molecule has 1 amide bonds. The molecule has 0 spiro atoms. The van der Waals surface area contributed by atoms with Gasteiger partial charge in [-0.1, -0.05) is 0 Å². The molecule has 2 aliphatic rings. The number of ether oxygens (including phenoxy) is 1. The van der Waals surface area contributed by atoms with Gasteiger partial charge in [-0.3, -0.25) is 4.79 Å². The highest BCUT2D eigenvalue weighted by atomic mass is 19.4. The first-order valence-corrected chi connectivity index (χ1v) is 11.2. The highest BCUT2D eigenvalue weighted by molar-refractivity contribution is 6.09. The number of rotatable bonds is 5. The molecule has 12 heteroatoms. The molecule has 2 aliphatic heterocycles. The summed E-state index contributed by atoms with van der Waals surface area (Å²) in [4.78, 5) is 19.3. The van der Waals surface area contributed by atoms with Crippen molar-refractivity contribution in [1.82, 2.24) is 14.6 Å². The Morgan fingerprint density at radius 1 is 1.26 bits per heavy atom. The molecule has 4 heterocycles. The third-order valence-corrected chi connectivity index (χ3v) is 6.72. The molecule has 3 N–H and O–H groups in total. The maximum atomic E-state index is 13.8. The van der Waals surface area contributed by atoms with Crippen LogP contribution in [0, 0.1) is 5.92 Å². The number of amides is 1. The van der Waals surface area contributed by atoms with Crippen molar-refractivity contribution in [3.8, 4) is 5.75 Å². The van der Waals surface area contributed by atoms with Crippen LogP contribution in [0.1, 0.15) is 28.8 Å². The van der Waals surface area contributed by atoms with Crippen LogP contribution in [0.3, 0.4) is 0 Å². The van der Waals surface area contributed by atoms with Crippen LogP contribution in [0.5, 0.6) is 5.75 Å². The summed E-state index contributed by atoms with van der Waals surface area (Å²) in [6.45, 7) is -0.0552. The molecule has 5 rings (SSSR count). The number of aromatic nitrogens is 3. The minimum absolute atomic E-state index is 0.0197. The number of anilines is 2. The molecule has 1 aromatic carbocycles. The summed E-state index contributed by atoms with van der Waals surface area (Å²) < 4.78 is 48.0. The van der Waals surface area contributed by atoms with Gasteiger partial charge < -0.3 is 25.2 Å². The second kappa shape index (κ2) is 8.68. The van der Waals surface area contributed by atoms with Gasteiger partial charge >= 0.3 is 6.18 Å². The van der Waals surface area contributed by atoms with Crippen molar-refractivity contribution in [1.29, 1.82) is 0 Å². The highest BCUT2D eigenvalue weighted by Crippen LogP contribution is 2.48. The van der Waals surface area contributed by atoms with Crippen LogP contribution in [-0.2, 0) is 6.42 Å². The molecule has 9 nitrogen and oxygen atoms in total. The molecular formula is C23H24F3N5O4. The van der Waals surface area contributed by atoms with Gasteiger partial charge in [0.1, 0.15) is 11.3 Å². The minimum atomic E-state index is -4.79. The fraction of sp³-hybridized carbons (Fsp3) is 0.435. The van der Waals surface area contributed by atoms with E-state index in [-0.39, 0.29) is 29.4 Å². The molecule has 0 unspecified atom stereocenters. The molecule has 0 radical (unpaired) electrons. The van der Waals surface area contributed by atoms with E-state index in [1.165, 1.54) is 29.0 Å². The van der Waals surface area contributed by atoms with Crippen LogP contribution in [0.2, 0.25) is 0 Å². The molecule has 0 bridgehead atoms. The molecule has 3 aromatic rings. The number of fused-ring (bicyclic) bond motifs is 2. The Hall–Kier alpha value is -3.38. The van der Waals surface area contributed by atoms with Gasteiger partial charge in [0, 0.05) is 50.1 Å². The first-order chi connectivity index (χ1) is 16.7. The molecule has 2 aromatic heterocycles. The Balaban J connectivity index is 1.51. The Labute approximate surface area is 198 Å². The van der Waals surface area contributed by atoms with Crippen molar-refractivity contribution in [2.24, 2.45) is 5.92 Å². The van der Waals surface area contributed by atoms with E-state index in [9.17, 15) is 28.2 Å². The molecule has 35 heavy (non-hydrogen) atoms. The first kappa shape index (κ1) is 23.4. The molecule has 1 atom stereocenters. The molecule has 0 aliphatic carbocycles. The van der Waals surface area contributed by atoms with Gasteiger partial charge in [0.25, 0.3) is 5.91 Å². The third-order valence-electron chi connectivity index (χ3n) is 6.72. The van der Waals surface area contributed by atoms with E-state index in [0.717, 1.165) is 0 Å². The van der Waals surface area contributed by atoms with Crippen LogP contribution in [0.4, 0.5) is 24.5 Å². The van der Waals surface area contributed by atoms with Crippen molar-refractivity contribution in [2.75, 3.05) is 36.5 Å². The van der Waals surface area contributed by atoms with E-state index in [1.54, 1.807) is 12.3 Å². The van der Waals surface area contributed by atoms with E-state index in [1.807, 2.05) is 4.90 Å².